The average Bonchev–Trinajstić information content (AvgIpc) is 3.30. The second-order valence-corrected chi connectivity index (χ2v) is 12.9. The summed E-state index contributed by atoms with van der Waals surface area (Å²) in [6.07, 6.45) is 8.25. The van der Waals surface area contributed by atoms with Gasteiger partial charge >= 0.3 is 5.63 Å². The molecule has 0 aliphatic carbocycles. The second kappa shape index (κ2) is 13.5. The van der Waals surface area contributed by atoms with Gasteiger partial charge in [-0.1, -0.05) is 140 Å². The van der Waals surface area contributed by atoms with Crippen LogP contribution < -0.4 is 10.5 Å². The fraction of sp³-hybridized carbons (Fsp3) is 0.0213. The second-order valence-electron chi connectivity index (χ2n) is 12.9. The molecule has 0 fully saturated rings. The maximum atomic E-state index is 13.9. The molecule has 1 aliphatic heterocycles. The number of fused-ring (bicyclic) bond motifs is 4. The highest BCUT2D eigenvalue weighted by Crippen LogP contribution is 2.38. The summed E-state index contributed by atoms with van der Waals surface area (Å²) in [7, 11) is 0. The Hall–Kier alpha value is -7.18. The van der Waals surface area contributed by atoms with Crippen molar-refractivity contribution in [2.24, 2.45) is 0 Å². The lowest BCUT2D eigenvalue weighted by atomic mass is 9.95. The van der Waals surface area contributed by atoms with E-state index in [4.69, 9.17) is 19.4 Å². The zero-order valence-electron chi connectivity index (χ0n) is 28.7. The van der Waals surface area contributed by atoms with Gasteiger partial charge in [-0.05, 0) is 58.5 Å². The van der Waals surface area contributed by atoms with Crippen LogP contribution in [-0.2, 0) is 0 Å². The van der Waals surface area contributed by atoms with E-state index in [1.165, 1.54) is 0 Å². The van der Waals surface area contributed by atoms with E-state index in [0.29, 0.717) is 40.6 Å². The van der Waals surface area contributed by atoms with Gasteiger partial charge in [-0.25, -0.2) is 19.7 Å². The Kier molecular flexibility index (Phi) is 8.10. The number of aromatic nitrogens is 3. The van der Waals surface area contributed by atoms with Crippen LogP contribution in [0.3, 0.4) is 0 Å². The molecule has 0 unspecified atom stereocenters. The van der Waals surface area contributed by atoms with E-state index in [1.54, 1.807) is 0 Å². The van der Waals surface area contributed by atoms with Crippen LogP contribution in [0.15, 0.2) is 186 Å². The Bertz CT molecular complexity index is 2730. The summed E-state index contributed by atoms with van der Waals surface area (Å²) in [6.45, 7) is 5.13. The molecule has 0 amide bonds. The predicted molar refractivity (Wildman–Crippen MR) is 216 cm³/mol. The van der Waals surface area contributed by atoms with Crippen molar-refractivity contribution in [3.05, 3.63) is 192 Å². The van der Waals surface area contributed by atoms with Gasteiger partial charge in [0.15, 0.2) is 17.5 Å². The van der Waals surface area contributed by atoms with Gasteiger partial charge in [-0.15, -0.1) is 0 Å². The van der Waals surface area contributed by atoms with Crippen molar-refractivity contribution in [3.63, 3.8) is 0 Å². The van der Waals surface area contributed by atoms with Crippen molar-refractivity contribution in [2.75, 3.05) is 11.4 Å². The Balaban J connectivity index is 1.16. The molecular weight excluding hydrogens is 653 g/mol. The molecular formula is C47H32N4O2. The maximum Gasteiger partial charge on any atom is 0.344 e. The van der Waals surface area contributed by atoms with Crippen LogP contribution >= 0.6 is 0 Å². The van der Waals surface area contributed by atoms with E-state index in [1.807, 2.05) is 121 Å². The van der Waals surface area contributed by atoms with Gasteiger partial charge in [0.2, 0.25) is 0 Å². The van der Waals surface area contributed by atoms with E-state index in [-0.39, 0.29) is 0 Å². The molecule has 0 N–H and O–H groups in total. The lowest BCUT2D eigenvalue weighted by Gasteiger charge is -2.27. The third-order valence-corrected chi connectivity index (χ3v) is 9.55. The predicted octanol–water partition coefficient (Wildman–Crippen LogP) is 11.1. The van der Waals surface area contributed by atoms with Crippen LogP contribution in [0, 0.1) is 0 Å². The number of nitrogens with zero attached hydrogens (tertiary/aromatic N) is 4. The Morgan fingerprint density at radius 1 is 0.547 bits per heavy atom. The highest BCUT2D eigenvalue weighted by Gasteiger charge is 2.19. The van der Waals surface area contributed by atoms with Gasteiger partial charge in [0.25, 0.3) is 0 Å². The number of rotatable bonds is 5. The average molecular weight is 685 g/mol. The summed E-state index contributed by atoms with van der Waals surface area (Å²) < 4.78 is 6.16. The van der Waals surface area contributed by atoms with E-state index in [2.05, 4.69) is 60.0 Å². The molecule has 1 aliphatic rings. The maximum absolute atomic E-state index is 13.9. The fourth-order valence-electron chi connectivity index (χ4n) is 6.90. The first-order chi connectivity index (χ1) is 26.1. The molecule has 6 nitrogen and oxygen atoms in total. The van der Waals surface area contributed by atoms with Gasteiger partial charge in [0, 0.05) is 40.0 Å². The number of hydrogen-bond acceptors (Lipinski definition) is 6. The third-order valence-electron chi connectivity index (χ3n) is 9.55. The molecule has 8 aromatic rings. The summed E-state index contributed by atoms with van der Waals surface area (Å²) in [6, 6.07) is 48.2. The van der Waals surface area contributed by atoms with Gasteiger partial charge < -0.3 is 9.32 Å². The molecule has 6 aromatic carbocycles. The zero-order chi connectivity index (χ0) is 35.7. The lowest BCUT2D eigenvalue weighted by Crippen LogP contribution is -2.18. The number of benzene rings is 6. The minimum atomic E-state index is -0.432. The molecule has 0 saturated carbocycles. The smallest absolute Gasteiger partial charge is 0.344 e. The number of para-hydroxylation sites is 2. The molecule has 6 heteroatoms. The highest BCUT2D eigenvalue weighted by molar-refractivity contribution is 6.09. The van der Waals surface area contributed by atoms with E-state index >= 15 is 0 Å². The molecule has 0 saturated heterocycles. The normalized spacial score (nSPS) is 14.0. The van der Waals surface area contributed by atoms with Crippen molar-refractivity contribution in [1.82, 2.24) is 15.0 Å². The zero-order valence-corrected chi connectivity index (χ0v) is 28.7. The van der Waals surface area contributed by atoms with Crippen LogP contribution in [0.1, 0.15) is 5.56 Å². The van der Waals surface area contributed by atoms with Crippen LogP contribution in [0.25, 0.3) is 72.6 Å². The molecule has 252 valence electrons. The standard InChI is InChI=1S/C47H32N4O2/c1-31-15-6-5-13-28-51(36-20-11-4-12-21-36)42-27-25-35(29-40(31)42)34-24-26-37-38-22-14-23-39(43(38)53-47(52)41(37)30-34)46-49-44(32-16-7-2-8-17-32)48-45(50-46)33-18-9-3-10-19-33/h2-27,29-30H,1,28H2/b13-5-,15-6-. The first-order valence-corrected chi connectivity index (χ1v) is 17.5. The van der Waals surface area contributed by atoms with Gasteiger partial charge in [0.05, 0.1) is 10.9 Å². The largest absolute Gasteiger partial charge is 0.421 e. The number of allylic oxidation sites excluding steroid dienone is 4. The van der Waals surface area contributed by atoms with E-state index < -0.39 is 5.63 Å². The Labute approximate surface area is 306 Å². The minimum Gasteiger partial charge on any atom is -0.421 e. The number of hydrogen-bond donors (Lipinski definition) is 0. The van der Waals surface area contributed by atoms with Crippen LogP contribution in [-0.4, -0.2) is 21.5 Å². The summed E-state index contributed by atoms with van der Waals surface area (Å²) in [5.41, 5.74) is 8.29. The molecule has 0 atom stereocenters. The third kappa shape index (κ3) is 6.02. The molecule has 0 spiro atoms. The van der Waals surface area contributed by atoms with E-state index in [9.17, 15) is 4.79 Å². The molecule has 9 rings (SSSR count). The van der Waals surface area contributed by atoms with Crippen LogP contribution in [0.5, 0.6) is 0 Å². The van der Waals surface area contributed by atoms with Crippen LogP contribution in [0.4, 0.5) is 11.4 Å². The summed E-state index contributed by atoms with van der Waals surface area (Å²) in [5, 5.41) is 2.08. The topological polar surface area (TPSA) is 72.1 Å². The SMILES string of the molecule is C=C1/C=C\C=C/CN(c2ccccc2)c2ccc(-c3ccc4c(c3)c(=O)oc3c(-c5nc(-c6ccccc6)nc(-c6ccccc6)n5)cccc34)cc21. The Morgan fingerprint density at radius 3 is 1.91 bits per heavy atom. The first-order valence-electron chi connectivity index (χ1n) is 17.5. The monoisotopic (exact) mass is 684 g/mol. The fourth-order valence-corrected chi connectivity index (χ4v) is 6.90. The van der Waals surface area contributed by atoms with Crippen molar-refractivity contribution in [2.45, 2.75) is 0 Å². The first kappa shape index (κ1) is 31.8. The minimum absolute atomic E-state index is 0.424. The Morgan fingerprint density at radius 2 is 1.19 bits per heavy atom. The number of anilines is 2. The van der Waals surface area contributed by atoms with Gasteiger partial charge in [0.1, 0.15) is 5.58 Å². The molecule has 3 heterocycles. The van der Waals surface area contributed by atoms with E-state index in [0.717, 1.165) is 55.5 Å². The van der Waals surface area contributed by atoms with Crippen molar-refractivity contribution >= 4 is 38.7 Å². The summed E-state index contributed by atoms with van der Waals surface area (Å²) in [4.78, 5) is 30.8. The van der Waals surface area contributed by atoms with Crippen molar-refractivity contribution in [3.8, 4) is 45.3 Å². The van der Waals surface area contributed by atoms with Crippen molar-refractivity contribution in [1.29, 1.82) is 0 Å². The summed E-state index contributed by atoms with van der Waals surface area (Å²) in [5.74, 6) is 1.49. The van der Waals surface area contributed by atoms with Crippen LogP contribution in [0.2, 0.25) is 0 Å². The summed E-state index contributed by atoms with van der Waals surface area (Å²) >= 11 is 0. The highest BCUT2D eigenvalue weighted by atomic mass is 16.4. The van der Waals surface area contributed by atoms with Crippen molar-refractivity contribution < 1.29 is 4.42 Å². The van der Waals surface area contributed by atoms with Gasteiger partial charge in [-0.2, -0.15) is 0 Å². The lowest BCUT2D eigenvalue weighted by molar-refractivity contribution is 0.570. The molecule has 0 radical (unpaired) electrons. The van der Waals surface area contributed by atoms with Gasteiger partial charge in [-0.3, -0.25) is 0 Å². The molecule has 2 aromatic heterocycles. The quantitative estimate of drug-likeness (QED) is 0.133. The molecule has 0 bridgehead atoms. The molecule has 53 heavy (non-hydrogen) atoms.